The lowest BCUT2D eigenvalue weighted by atomic mass is 10.8. The molecule has 0 aliphatic heterocycles. The third-order valence-electron chi connectivity index (χ3n) is 0.126. The molecule has 0 atom stereocenters. The van der Waals surface area contributed by atoms with E-state index in [2.05, 4.69) is 22.6 Å². The van der Waals surface area contributed by atoms with Crippen LogP contribution in [0.1, 0.15) is 6.92 Å². The predicted octanol–water partition coefficient (Wildman–Crippen LogP) is 2.18. The highest BCUT2D eigenvalue weighted by Gasteiger charge is 1.70. The zero-order valence-corrected chi connectivity index (χ0v) is 6.49. The van der Waals surface area contributed by atoms with Gasteiger partial charge in [-0.2, -0.15) is 0 Å². The normalized spacial score (nSPS) is 7.75. The van der Waals surface area contributed by atoms with E-state index < -0.39 is 6.16 Å². The number of carbonyl (C=O) groups is 1. The number of hydrogen-bond acceptors (Lipinski definition) is 1. The van der Waals surface area contributed by atoms with Crippen molar-refractivity contribution in [3.63, 3.8) is 0 Å². The fraction of sp³-hybridized carbons (Fsp3) is 0.250. The van der Waals surface area contributed by atoms with Gasteiger partial charge < -0.3 is 10.2 Å². The van der Waals surface area contributed by atoms with Crippen LogP contribution in [0, 0.1) is 0 Å². The summed E-state index contributed by atoms with van der Waals surface area (Å²) in [6.45, 7) is 1.99. The highest BCUT2D eigenvalue weighted by Crippen LogP contribution is 1.78. The number of allylic oxidation sites excluding steroid dienone is 1. The molecule has 0 radical (unpaired) electrons. The molecule has 0 unspecified atom stereocenters. The smallest absolute Gasteiger partial charge is 0.450 e. The molecule has 0 saturated heterocycles. The highest BCUT2D eigenvalue weighted by molar-refractivity contribution is 14.1. The van der Waals surface area contributed by atoms with Crippen molar-refractivity contribution in [1.29, 1.82) is 0 Å². The van der Waals surface area contributed by atoms with E-state index in [9.17, 15) is 0 Å². The van der Waals surface area contributed by atoms with E-state index in [0.29, 0.717) is 0 Å². The Morgan fingerprint density at radius 3 is 1.75 bits per heavy atom. The van der Waals surface area contributed by atoms with E-state index in [1.807, 2.05) is 17.1 Å². The fourth-order valence-corrected chi connectivity index (χ4v) is 0. The molecule has 48 valence electrons. The molecule has 0 bridgehead atoms. The molecule has 0 spiro atoms. The quantitative estimate of drug-likeness (QED) is 0.627. The summed E-state index contributed by atoms with van der Waals surface area (Å²) in [5.74, 6) is 0. The van der Waals surface area contributed by atoms with Gasteiger partial charge in [-0.25, -0.2) is 4.79 Å². The maximum absolute atomic E-state index is 8.56. The second kappa shape index (κ2) is 9.88. The van der Waals surface area contributed by atoms with Crippen molar-refractivity contribution in [1.82, 2.24) is 0 Å². The molecule has 0 aromatic rings. The van der Waals surface area contributed by atoms with Gasteiger partial charge in [-0.15, -0.1) is 0 Å². The van der Waals surface area contributed by atoms with Crippen LogP contribution in [-0.4, -0.2) is 16.4 Å². The van der Waals surface area contributed by atoms with Gasteiger partial charge in [-0.05, 0) is 11.0 Å². The van der Waals surface area contributed by atoms with E-state index in [1.165, 1.54) is 0 Å². The lowest BCUT2D eigenvalue weighted by molar-refractivity contribution is 0.137. The van der Waals surface area contributed by atoms with Crippen molar-refractivity contribution in [3.05, 3.63) is 10.2 Å². The second-order valence-electron chi connectivity index (χ2n) is 0.742. The van der Waals surface area contributed by atoms with Crippen LogP contribution in [0.15, 0.2) is 10.2 Å². The molecular formula is C4H7IO3. The summed E-state index contributed by atoms with van der Waals surface area (Å²) < 4.78 is 1.97. The molecule has 4 heteroatoms. The van der Waals surface area contributed by atoms with Crippen LogP contribution >= 0.6 is 22.6 Å². The predicted molar refractivity (Wildman–Crippen MR) is 39.5 cm³/mol. The van der Waals surface area contributed by atoms with Gasteiger partial charge in [0.1, 0.15) is 0 Å². The summed E-state index contributed by atoms with van der Waals surface area (Å²) >= 11 is 2.17. The summed E-state index contributed by atoms with van der Waals surface area (Å²) in [5.41, 5.74) is 0. The summed E-state index contributed by atoms with van der Waals surface area (Å²) in [6.07, 6.45) is 0.153. The van der Waals surface area contributed by atoms with Crippen LogP contribution in [0.4, 0.5) is 4.79 Å². The number of halogens is 1. The summed E-state index contributed by atoms with van der Waals surface area (Å²) in [6, 6.07) is 0. The molecular weight excluding hydrogens is 223 g/mol. The average Bonchev–Trinajstić information content (AvgIpc) is 1.65. The molecule has 0 amide bonds. The first kappa shape index (κ1) is 10.7. The van der Waals surface area contributed by atoms with E-state index in [1.54, 1.807) is 0 Å². The summed E-state index contributed by atoms with van der Waals surface area (Å²) in [4.78, 5) is 8.56. The Kier molecular flexibility index (Phi) is 13.2. The van der Waals surface area contributed by atoms with Crippen LogP contribution in [0.5, 0.6) is 0 Å². The molecule has 0 aliphatic carbocycles. The second-order valence-corrected chi connectivity index (χ2v) is 1.46. The fourth-order valence-electron chi connectivity index (χ4n) is 0. The highest BCUT2D eigenvalue weighted by atomic mass is 127. The Morgan fingerprint density at radius 1 is 1.62 bits per heavy atom. The first-order valence-corrected chi connectivity index (χ1v) is 3.03. The van der Waals surface area contributed by atoms with Gasteiger partial charge >= 0.3 is 6.16 Å². The number of hydrogen-bond donors (Lipinski definition) is 2. The maximum atomic E-state index is 8.56. The minimum Gasteiger partial charge on any atom is -0.450 e. The van der Waals surface area contributed by atoms with Gasteiger partial charge in [0.15, 0.2) is 0 Å². The van der Waals surface area contributed by atoms with Gasteiger partial charge in [-0.3, -0.25) is 0 Å². The molecule has 0 aromatic carbocycles. The lowest BCUT2D eigenvalue weighted by Gasteiger charge is -1.60. The van der Waals surface area contributed by atoms with Gasteiger partial charge in [0.05, 0.1) is 0 Å². The molecule has 0 aliphatic rings. The van der Waals surface area contributed by atoms with E-state index in [-0.39, 0.29) is 0 Å². The standard InChI is InChI=1S/C3H5I.CH2O3/c1-2-3-4;2-1(3)4/h2-3H,1H3;(H2,2,3,4). The van der Waals surface area contributed by atoms with Gasteiger partial charge in [0.2, 0.25) is 0 Å². The van der Waals surface area contributed by atoms with Crippen molar-refractivity contribution in [3.8, 4) is 0 Å². The van der Waals surface area contributed by atoms with E-state index >= 15 is 0 Å². The Balaban J connectivity index is 0. The summed E-state index contributed by atoms with van der Waals surface area (Å²) in [5, 5.41) is 13.9. The Labute approximate surface area is 61.2 Å². The molecule has 0 fully saturated rings. The van der Waals surface area contributed by atoms with Crippen LogP contribution in [0.2, 0.25) is 0 Å². The Hall–Kier alpha value is -0.260. The van der Waals surface area contributed by atoms with Crippen LogP contribution in [-0.2, 0) is 0 Å². The SMILES string of the molecule is CC=CI.O=C(O)O. The third-order valence-corrected chi connectivity index (χ3v) is 0.845. The molecule has 2 N–H and O–H groups in total. The monoisotopic (exact) mass is 230 g/mol. The third kappa shape index (κ3) is 236. The van der Waals surface area contributed by atoms with Gasteiger partial charge in [0.25, 0.3) is 0 Å². The molecule has 8 heavy (non-hydrogen) atoms. The van der Waals surface area contributed by atoms with Crippen molar-refractivity contribution in [2.24, 2.45) is 0 Å². The minimum atomic E-state index is -1.83. The number of carboxylic acid groups (broad SMARTS) is 2. The topological polar surface area (TPSA) is 57.5 Å². The minimum absolute atomic E-state index is 1.83. The van der Waals surface area contributed by atoms with Crippen molar-refractivity contribution in [2.75, 3.05) is 0 Å². The zero-order chi connectivity index (χ0) is 6.99. The maximum Gasteiger partial charge on any atom is 0.503 e. The van der Waals surface area contributed by atoms with Crippen molar-refractivity contribution >= 4 is 28.7 Å². The van der Waals surface area contributed by atoms with E-state index in [4.69, 9.17) is 15.0 Å². The molecule has 0 heterocycles. The zero-order valence-electron chi connectivity index (χ0n) is 4.34. The number of rotatable bonds is 0. The average molecular weight is 230 g/mol. The van der Waals surface area contributed by atoms with E-state index in [0.717, 1.165) is 0 Å². The molecule has 0 saturated carbocycles. The van der Waals surface area contributed by atoms with Crippen molar-refractivity contribution in [2.45, 2.75) is 6.92 Å². The molecule has 0 rings (SSSR count). The Morgan fingerprint density at radius 2 is 1.75 bits per heavy atom. The molecule has 0 aromatic heterocycles. The first-order valence-electron chi connectivity index (χ1n) is 1.78. The van der Waals surface area contributed by atoms with Gasteiger partial charge in [0, 0.05) is 0 Å². The lowest BCUT2D eigenvalue weighted by Crippen LogP contribution is -1.81. The Bertz CT molecular complexity index is 71.4. The van der Waals surface area contributed by atoms with Crippen LogP contribution in [0.3, 0.4) is 0 Å². The van der Waals surface area contributed by atoms with Gasteiger partial charge in [-0.1, -0.05) is 28.7 Å². The largest absolute Gasteiger partial charge is 0.503 e. The first-order chi connectivity index (χ1) is 3.65. The van der Waals surface area contributed by atoms with Crippen LogP contribution in [0.25, 0.3) is 0 Å². The van der Waals surface area contributed by atoms with Crippen LogP contribution < -0.4 is 0 Å². The summed E-state index contributed by atoms with van der Waals surface area (Å²) in [7, 11) is 0. The van der Waals surface area contributed by atoms with Crippen molar-refractivity contribution < 1.29 is 15.0 Å². The molecule has 3 nitrogen and oxygen atoms in total.